The Balaban J connectivity index is 2.46. The van der Waals surface area contributed by atoms with Crippen LogP contribution in [0.25, 0.3) is 0 Å². The summed E-state index contributed by atoms with van der Waals surface area (Å²) in [5.74, 6) is 0. The largest absolute Gasteiger partial charge is 0.318 e. The number of aryl methyl sites for hydroxylation is 1. The summed E-state index contributed by atoms with van der Waals surface area (Å²) >= 11 is 3.59. The van der Waals surface area contributed by atoms with E-state index < -0.39 is 0 Å². The van der Waals surface area contributed by atoms with Crippen molar-refractivity contribution in [3.8, 4) is 0 Å². The zero-order valence-electron chi connectivity index (χ0n) is 8.73. The van der Waals surface area contributed by atoms with E-state index in [9.17, 15) is 0 Å². The molecule has 0 aliphatic heterocycles. The number of likely N-dealkylation sites (N-methyl/N-ethyl adjacent to an activating group) is 1. The Morgan fingerprint density at radius 1 is 1.29 bits per heavy atom. The molecule has 0 radical (unpaired) electrons. The van der Waals surface area contributed by atoms with Crippen molar-refractivity contribution in [1.29, 1.82) is 0 Å². The van der Waals surface area contributed by atoms with Crippen LogP contribution >= 0.6 is 15.9 Å². The summed E-state index contributed by atoms with van der Waals surface area (Å²) in [6, 6.07) is 6.35. The highest BCUT2D eigenvalue weighted by Crippen LogP contribution is 2.20. The lowest BCUT2D eigenvalue weighted by atomic mass is 10.1. The van der Waals surface area contributed by atoms with Crippen LogP contribution in [0.2, 0.25) is 0 Å². The van der Waals surface area contributed by atoms with E-state index in [1.165, 1.54) is 15.6 Å². The van der Waals surface area contributed by atoms with Crippen molar-refractivity contribution in [3.05, 3.63) is 33.8 Å². The maximum atomic E-state index is 3.59. The van der Waals surface area contributed by atoms with Gasteiger partial charge in [0.1, 0.15) is 0 Å². The Morgan fingerprint density at radius 2 is 2.07 bits per heavy atom. The summed E-state index contributed by atoms with van der Waals surface area (Å²) in [6.45, 7) is 5.03. The van der Waals surface area contributed by atoms with Crippen molar-refractivity contribution in [2.45, 2.75) is 13.5 Å². The molecule has 1 rings (SSSR count). The molecule has 0 saturated carbocycles. The second kappa shape index (κ2) is 6.17. The van der Waals surface area contributed by atoms with E-state index in [-0.39, 0.29) is 0 Å². The molecule has 0 unspecified atom stereocenters. The Labute approximate surface area is 94.2 Å². The van der Waals surface area contributed by atoms with Crippen molar-refractivity contribution in [2.75, 3.05) is 20.1 Å². The molecule has 14 heavy (non-hydrogen) atoms. The van der Waals surface area contributed by atoms with Crippen molar-refractivity contribution < 1.29 is 0 Å². The summed E-state index contributed by atoms with van der Waals surface area (Å²) in [6.07, 6.45) is 0. The van der Waals surface area contributed by atoms with Gasteiger partial charge in [-0.3, -0.25) is 0 Å². The Kier molecular flexibility index (Phi) is 5.15. The van der Waals surface area contributed by atoms with Gasteiger partial charge < -0.3 is 10.6 Å². The molecule has 0 heterocycles. The van der Waals surface area contributed by atoms with Crippen molar-refractivity contribution >= 4 is 15.9 Å². The third kappa shape index (κ3) is 3.40. The molecule has 1 aromatic rings. The number of halogens is 1. The van der Waals surface area contributed by atoms with Crippen LogP contribution < -0.4 is 10.6 Å². The van der Waals surface area contributed by atoms with Crippen molar-refractivity contribution in [3.63, 3.8) is 0 Å². The van der Waals surface area contributed by atoms with Crippen LogP contribution in [0.5, 0.6) is 0 Å². The third-order valence-corrected chi connectivity index (χ3v) is 3.27. The number of benzene rings is 1. The van der Waals surface area contributed by atoms with E-state index in [4.69, 9.17) is 0 Å². The van der Waals surface area contributed by atoms with E-state index in [1.54, 1.807) is 0 Å². The quantitative estimate of drug-likeness (QED) is 0.789. The number of rotatable bonds is 5. The van der Waals surface area contributed by atoms with Gasteiger partial charge in [-0.2, -0.15) is 0 Å². The lowest BCUT2D eigenvalue weighted by Gasteiger charge is -2.08. The van der Waals surface area contributed by atoms with Gasteiger partial charge in [-0.05, 0) is 25.1 Å². The van der Waals surface area contributed by atoms with E-state index in [0.717, 1.165) is 19.6 Å². The predicted molar refractivity (Wildman–Crippen MR) is 64.5 cm³/mol. The molecular weight excluding hydrogens is 240 g/mol. The zero-order valence-corrected chi connectivity index (χ0v) is 10.3. The molecule has 0 fully saturated rings. The Hall–Kier alpha value is -0.380. The van der Waals surface area contributed by atoms with Crippen LogP contribution in [-0.2, 0) is 6.54 Å². The van der Waals surface area contributed by atoms with Crippen LogP contribution in [0.1, 0.15) is 11.1 Å². The summed E-state index contributed by atoms with van der Waals surface area (Å²) in [7, 11) is 1.96. The van der Waals surface area contributed by atoms with Gasteiger partial charge in [0.15, 0.2) is 0 Å². The van der Waals surface area contributed by atoms with Gasteiger partial charge in [0.2, 0.25) is 0 Å². The highest BCUT2D eigenvalue weighted by molar-refractivity contribution is 9.10. The van der Waals surface area contributed by atoms with Crippen LogP contribution in [0.15, 0.2) is 22.7 Å². The highest BCUT2D eigenvalue weighted by atomic mass is 79.9. The summed E-state index contributed by atoms with van der Waals surface area (Å²) in [4.78, 5) is 0. The summed E-state index contributed by atoms with van der Waals surface area (Å²) in [5.41, 5.74) is 2.61. The molecule has 0 saturated heterocycles. The van der Waals surface area contributed by atoms with E-state index in [2.05, 4.69) is 51.7 Å². The number of hydrogen-bond acceptors (Lipinski definition) is 2. The first-order valence-electron chi connectivity index (χ1n) is 4.85. The SMILES string of the molecule is CNCCNCc1cccc(C)c1Br. The molecule has 0 aliphatic rings. The van der Waals surface area contributed by atoms with E-state index in [0.29, 0.717) is 0 Å². The first-order valence-corrected chi connectivity index (χ1v) is 5.64. The standard InChI is InChI=1S/C11H17BrN2/c1-9-4-3-5-10(11(9)12)8-14-7-6-13-2/h3-5,13-14H,6-8H2,1-2H3. The predicted octanol–water partition coefficient (Wildman–Crippen LogP) is 2.07. The van der Waals surface area contributed by atoms with Gasteiger partial charge in [0.25, 0.3) is 0 Å². The molecule has 3 heteroatoms. The topological polar surface area (TPSA) is 24.1 Å². The van der Waals surface area contributed by atoms with Crippen LogP contribution in [0.3, 0.4) is 0 Å². The van der Waals surface area contributed by atoms with Gasteiger partial charge in [0.05, 0.1) is 0 Å². The maximum Gasteiger partial charge on any atom is 0.0249 e. The first kappa shape index (κ1) is 11.7. The zero-order chi connectivity index (χ0) is 10.4. The second-order valence-corrected chi connectivity index (χ2v) is 4.12. The molecule has 78 valence electrons. The number of nitrogens with one attached hydrogen (secondary N) is 2. The van der Waals surface area contributed by atoms with Gasteiger partial charge in [0, 0.05) is 24.1 Å². The summed E-state index contributed by atoms with van der Waals surface area (Å²) in [5, 5.41) is 6.48. The molecule has 2 nitrogen and oxygen atoms in total. The molecular formula is C11H17BrN2. The average Bonchev–Trinajstić information content (AvgIpc) is 2.19. The monoisotopic (exact) mass is 256 g/mol. The molecule has 1 aromatic carbocycles. The highest BCUT2D eigenvalue weighted by Gasteiger charge is 2.00. The lowest BCUT2D eigenvalue weighted by molar-refractivity contribution is 0.649. The fraction of sp³-hybridized carbons (Fsp3) is 0.455. The second-order valence-electron chi connectivity index (χ2n) is 3.33. The van der Waals surface area contributed by atoms with Gasteiger partial charge >= 0.3 is 0 Å². The molecule has 2 N–H and O–H groups in total. The molecule has 0 aromatic heterocycles. The fourth-order valence-electron chi connectivity index (χ4n) is 1.28. The van der Waals surface area contributed by atoms with Crippen molar-refractivity contribution in [2.24, 2.45) is 0 Å². The molecule has 0 atom stereocenters. The minimum Gasteiger partial charge on any atom is -0.318 e. The maximum absolute atomic E-state index is 3.59. The normalized spacial score (nSPS) is 10.5. The van der Waals surface area contributed by atoms with Gasteiger partial charge in [-0.25, -0.2) is 0 Å². The molecule has 0 spiro atoms. The summed E-state index contributed by atoms with van der Waals surface area (Å²) < 4.78 is 1.22. The molecule has 0 bridgehead atoms. The third-order valence-electron chi connectivity index (χ3n) is 2.14. The minimum atomic E-state index is 0.921. The van der Waals surface area contributed by atoms with Crippen LogP contribution in [0.4, 0.5) is 0 Å². The lowest BCUT2D eigenvalue weighted by Crippen LogP contribution is -2.24. The Morgan fingerprint density at radius 3 is 2.79 bits per heavy atom. The van der Waals surface area contributed by atoms with Crippen LogP contribution in [-0.4, -0.2) is 20.1 Å². The smallest absolute Gasteiger partial charge is 0.0249 e. The number of hydrogen-bond donors (Lipinski definition) is 2. The molecule has 0 amide bonds. The van der Waals surface area contributed by atoms with Gasteiger partial charge in [-0.15, -0.1) is 0 Å². The van der Waals surface area contributed by atoms with Crippen LogP contribution in [0, 0.1) is 6.92 Å². The van der Waals surface area contributed by atoms with E-state index >= 15 is 0 Å². The average molecular weight is 257 g/mol. The molecule has 0 aliphatic carbocycles. The van der Waals surface area contributed by atoms with Gasteiger partial charge in [-0.1, -0.05) is 34.1 Å². The minimum absolute atomic E-state index is 0.921. The fourth-order valence-corrected chi connectivity index (χ4v) is 1.69. The Bertz CT molecular complexity index is 287. The van der Waals surface area contributed by atoms with Crippen molar-refractivity contribution in [1.82, 2.24) is 10.6 Å². The van der Waals surface area contributed by atoms with E-state index in [1.807, 2.05) is 7.05 Å². The first-order chi connectivity index (χ1) is 6.75.